The monoisotopic (exact) mass is 308 g/mol. The maximum atomic E-state index is 9.09. The van der Waals surface area contributed by atoms with Crippen LogP contribution in [-0.2, 0) is 11.3 Å². The summed E-state index contributed by atoms with van der Waals surface area (Å²) in [5.41, 5.74) is 1.88. The second kappa shape index (κ2) is 7.73. The van der Waals surface area contributed by atoms with Gasteiger partial charge in [-0.05, 0) is 17.7 Å². The lowest BCUT2D eigenvalue weighted by Gasteiger charge is -2.33. The number of hydrogen-bond acceptors (Lipinski definition) is 5. The first-order chi connectivity index (χ1) is 11.3. The standard InChI is InChI=1S/C18H20N4O/c19-11-16-7-4-8-20-18(16)21-12-17-14-22(9-10-23-17)13-15-5-2-1-3-6-15/h1-8,17H,9-10,12-14H2,(H,20,21)/t17-/m0/s1. The van der Waals surface area contributed by atoms with Crippen molar-refractivity contribution in [3.63, 3.8) is 0 Å². The van der Waals surface area contributed by atoms with Crippen molar-refractivity contribution in [2.75, 3.05) is 31.6 Å². The maximum absolute atomic E-state index is 9.09. The first-order valence-corrected chi connectivity index (χ1v) is 7.82. The van der Waals surface area contributed by atoms with Gasteiger partial charge < -0.3 is 10.1 Å². The quantitative estimate of drug-likeness (QED) is 0.918. The number of hydrogen-bond donors (Lipinski definition) is 1. The molecule has 3 rings (SSSR count). The van der Waals surface area contributed by atoms with Gasteiger partial charge in [0.2, 0.25) is 0 Å². The molecule has 118 valence electrons. The molecule has 1 saturated heterocycles. The van der Waals surface area contributed by atoms with Crippen LogP contribution in [0.2, 0.25) is 0 Å². The highest BCUT2D eigenvalue weighted by Gasteiger charge is 2.20. The number of rotatable bonds is 5. The van der Waals surface area contributed by atoms with Gasteiger partial charge in [0.05, 0.1) is 18.3 Å². The Hall–Kier alpha value is -2.42. The summed E-state index contributed by atoms with van der Waals surface area (Å²) in [6.07, 6.45) is 1.79. The summed E-state index contributed by atoms with van der Waals surface area (Å²) in [4.78, 5) is 6.62. The first kappa shape index (κ1) is 15.5. The summed E-state index contributed by atoms with van der Waals surface area (Å²) in [6, 6.07) is 16.1. The predicted octanol–water partition coefficient (Wildman–Crippen LogP) is 2.27. The number of nitrogens with zero attached hydrogens (tertiary/aromatic N) is 3. The Bertz CT molecular complexity index is 668. The molecule has 23 heavy (non-hydrogen) atoms. The molecule has 5 heteroatoms. The van der Waals surface area contributed by atoms with E-state index in [1.54, 1.807) is 18.3 Å². The summed E-state index contributed by atoms with van der Waals surface area (Å²) in [6.45, 7) is 4.13. The van der Waals surface area contributed by atoms with Crippen LogP contribution in [0.1, 0.15) is 11.1 Å². The third-order valence-corrected chi connectivity index (χ3v) is 3.90. The fourth-order valence-corrected chi connectivity index (χ4v) is 2.74. The highest BCUT2D eigenvalue weighted by Crippen LogP contribution is 2.13. The molecule has 1 aliphatic rings. The highest BCUT2D eigenvalue weighted by molar-refractivity contribution is 5.51. The topological polar surface area (TPSA) is 61.2 Å². The average Bonchev–Trinajstić information content (AvgIpc) is 2.61. The molecule has 1 N–H and O–H groups in total. The molecular formula is C18H20N4O. The van der Waals surface area contributed by atoms with Crippen LogP contribution < -0.4 is 5.32 Å². The number of benzene rings is 1. The summed E-state index contributed by atoms with van der Waals surface area (Å²) >= 11 is 0. The normalized spacial score (nSPS) is 18.3. The van der Waals surface area contributed by atoms with Gasteiger partial charge in [-0.25, -0.2) is 4.98 Å². The van der Waals surface area contributed by atoms with E-state index in [-0.39, 0.29) is 6.10 Å². The molecule has 1 aromatic carbocycles. The molecule has 2 aromatic rings. The van der Waals surface area contributed by atoms with E-state index in [0.29, 0.717) is 17.9 Å². The van der Waals surface area contributed by atoms with Gasteiger partial charge in [-0.3, -0.25) is 4.90 Å². The minimum atomic E-state index is 0.0982. The van der Waals surface area contributed by atoms with Crippen molar-refractivity contribution >= 4 is 5.82 Å². The van der Waals surface area contributed by atoms with Crippen LogP contribution in [0.25, 0.3) is 0 Å². The van der Waals surface area contributed by atoms with E-state index in [4.69, 9.17) is 10.00 Å². The summed E-state index contributed by atoms with van der Waals surface area (Å²) in [5.74, 6) is 0.624. The Balaban J connectivity index is 1.54. The van der Waals surface area contributed by atoms with E-state index >= 15 is 0 Å². The van der Waals surface area contributed by atoms with Crippen molar-refractivity contribution in [1.82, 2.24) is 9.88 Å². The second-order valence-corrected chi connectivity index (χ2v) is 5.61. The maximum Gasteiger partial charge on any atom is 0.143 e. The van der Waals surface area contributed by atoms with Crippen molar-refractivity contribution in [2.45, 2.75) is 12.6 Å². The molecule has 0 bridgehead atoms. The van der Waals surface area contributed by atoms with Gasteiger partial charge in [0.1, 0.15) is 11.9 Å². The molecule has 0 unspecified atom stereocenters. The van der Waals surface area contributed by atoms with Crippen molar-refractivity contribution in [1.29, 1.82) is 5.26 Å². The number of ether oxygens (including phenoxy) is 1. The number of morpholine rings is 1. The Kier molecular flexibility index (Phi) is 5.20. The Morgan fingerprint density at radius 3 is 2.96 bits per heavy atom. The third kappa shape index (κ3) is 4.28. The second-order valence-electron chi connectivity index (χ2n) is 5.61. The molecule has 1 fully saturated rings. The van der Waals surface area contributed by atoms with Gasteiger partial charge in [-0.2, -0.15) is 5.26 Å². The smallest absolute Gasteiger partial charge is 0.143 e. The van der Waals surface area contributed by atoms with E-state index in [0.717, 1.165) is 26.2 Å². The fraction of sp³-hybridized carbons (Fsp3) is 0.333. The summed E-state index contributed by atoms with van der Waals surface area (Å²) in [7, 11) is 0. The number of nitrogens with one attached hydrogen (secondary N) is 1. The number of anilines is 1. The van der Waals surface area contributed by atoms with Crippen molar-refractivity contribution < 1.29 is 4.74 Å². The van der Waals surface area contributed by atoms with Crippen LogP contribution >= 0.6 is 0 Å². The van der Waals surface area contributed by atoms with E-state index in [1.165, 1.54) is 5.56 Å². The van der Waals surface area contributed by atoms with Crippen molar-refractivity contribution in [3.05, 3.63) is 59.8 Å². The Morgan fingerprint density at radius 2 is 2.13 bits per heavy atom. The predicted molar refractivity (Wildman–Crippen MR) is 88.9 cm³/mol. The van der Waals surface area contributed by atoms with Crippen LogP contribution in [0.15, 0.2) is 48.7 Å². The molecule has 0 aliphatic carbocycles. The van der Waals surface area contributed by atoms with Crippen molar-refractivity contribution in [2.24, 2.45) is 0 Å². The Morgan fingerprint density at radius 1 is 1.26 bits per heavy atom. The van der Waals surface area contributed by atoms with Crippen LogP contribution in [0, 0.1) is 11.3 Å². The molecule has 1 aliphatic heterocycles. The van der Waals surface area contributed by atoms with Gasteiger partial charge in [-0.15, -0.1) is 0 Å². The molecule has 2 heterocycles. The molecule has 0 spiro atoms. The van der Waals surface area contributed by atoms with E-state index in [9.17, 15) is 0 Å². The van der Waals surface area contributed by atoms with E-state index < -0.39 is 0 Å². The van der Waals surface area contributed by atoms with Crippen molar-refractivity contribution in [3.8, 4) is 6.07 Å². The van der Waals surface area contributed by atoms with E-state index in [2.05, 4.69) is 45.5 Å². The zero-order chi connectivity index (χ0) is 15.9. The van der Waals surface area contributed by atoms with Gasteiger partial charge in [-0.1, -0.05) is 30.3 Å². The minimum Gasteiger partial charge on any atom is -0.374 e. The lowest BCUT2D eigenvalue weighted by atomic mass is 10.2. The van der Waals surface area contributed by atoms with Gasteiger partial charge in [0.25, 0.3) is 0 Å². The zero-order valence-corrected chi connectivity index (χ0v) is 13.0. The Labute approximate surface area is 136 Å². The van der Waals surface area contributed by atoms with Crippen LogP contribution in [0.3, 0.4) is 0 Å². The molecular weight excluding hydrogens is 288 g/mol. The number of nitriles is 1. The lowest BCUT2D eigenvalue weighted by Crippen LogP contribution is -2.44. The zero-order valence-electron chi connectivity index (χ0n) is 13.0. The fourth-order valence-electron chi connectivity index (χ4n) is 2.74. The molecule has 0 amide bonds. The van der Waals surface area contributed by atoms with Gasteiger partial charge >= 0.3 is 0 Å². The molecule has 0 radical (unpaired) electrons. The first-order valence-electron chi connectivity index (χ1n) is 7.82. The summed E-state index contributed by atoms with van der Waals surface area (Å²) in [5, 5.41) is 12.3. The minimum absolute atomic E-state index is 0.0982. The van der Waals surface area contributed by atoms with Gasteiger partial charge in [0, 0.05) is 32.4 Å². The van der Waals surface area contributed by atoms with E-state index in [1.807, 2.05) is 6.07 Å². The largest absolute Gasteiger partial charge is 0.374 e. The highest BCUT2D eigenvalue weighted by atomic mass is 16.5. The molecule has 5 nitrogen and oxygen atoms in total. The van der Waals surface area contributed by atoms with Crippen LogP contribution in [-0.4, -0.2) is 42.2 Å². The number of pyridine rings is 1. The lowest BCUT2D eigenvalue weighted by molar-refractivity contribution is -0.0240. The molecule has 1 aromatic heterocycles. The molecule has 0 saturated carbocycles. The molecule has 1 atom stereocenters. The van der Waals surface area contributed by atoms with Crippen LogP contribution in [0.5, 0.6) is 0 Å². The SMILES string of the molecule is N#Cc1cccnc1NC[C@H]1CN(Cc2ccccc2)CCO1. The van der Waals surface area contributed by atoms with Crippen LogP contribution in [0.4, 0.5) is 5.82 Å². The average molecular weight is 308 g/mol. The third-order valence-electron chi connectivity index (χ3n) is 3.90. The number of aromatic nitrogens is 1. The summed E-state index contributed by atoms with van der Waals surface area (Å²) < 4.78 is 5.83. The van der Waals surface area contributed by atoms with Gasteiger partial charge in [0.15, 0.2) is 0 Å².